The molecule has 6 heteroatoms. The Kier molecular flexibility index (Phi) is 5.02. The Morgan fingerprint density at radius 1 is 1.22 bits per heavy atom. The largest absolute Gasteiger partial charge is 0.360 e. The fourth-order valence-electron chi connectivity index (χ4n) is 3.27. The van der Waals surface area contributed by atoms with Crippen LogP contribution in [0.3, 0.4) is 0 Å². The molecule has 1 aromatic heterocycles. The van der Waals surface area contributed by atoms with Crippen molar-refractivity contribution in [2.75, 3.05) is 49.7 Å². The molecule has 0 bridgehead atoms. The molecular formula is C17H28N4O2. The quantitative estimate of drug-likeness (QED) is 0.830. The Balaban J connectivity index is 1.69. The van der Waals surface area contributed by atoms with Crippen LogP contribution in [0.2, 0.25) is 0 Å². The molecule has 2 aliphatic heterocycles. The van der Waals surface area contributed by atoms with Crippen LogP contribution in [-0.2, 0) is 9.47 Å². The van der Waals surface area contributed by atoms with Crippen molar-refractivity contribution in [1.29, 1.82) is 0 Å². The van der Waals surface area contributed by atoms with Crippen molar-refractivity contribution in [2.24, 2.45) is 0 Å². The molecule has 0 radical (unpaired) electrons. The summed E-state index contributed by atoms with van der Waals surface area (Å²) in [7, 11) is 2.10. The van der Waals surface area contributed by atoms with Gasteiger partial charge in [-0.05, 0) is 13.3 Å². The van der Waals surface area contributed by atoms with Crippen LogP contribution in [0.25, 0.3) is 0 Å². The molecule has 2 saturated heterocycles. The van der Waals surface area contributed by atoms with Crippen molar-refractivity contribution < 1.29 is 9.47 Å². The van der Waals surface area contributed by atoms with Gasteiger partial charge in [-0.1, -0.05) is 13.3 Å². The Morgan fingerprint density at radius 2 is 1.91 bits per heavy atom. The smallest absolute Gasteiger partial charge is 0.171 e. The molecule has 0 aliphatic carbocycles. The predicted molar refractivity (Wildman–Crippen MR) is 91.0 cm³/mol. The molecule has 2 fully saturated rings. The summed E-state index contributed by atoms with van der Waals surface area (Å²) in [5, 5.41) is 0. The van der Waals surface area contributed by atoms with Crippen LogP contribution >= 0.6 is 0 Å². The van der Waals surface area contributed by atoms with E-state index in [2.05, 4.69) is 39.8 Å². The molecule has 23 heavy (non-hydrogen) atoms. The van der Waals surface area contributed by atoms with E-state index >= 15 is 0 Å². The first-order valence-electron chi connectivity index (χ1n) is 8.71. The highest BCUT2D eigenvalue weighted by atomic mass is 16.7. The number of piperidine rings is 1. The minimum absolute atomic E-state index is 0.334. The zero-order valence-corrected chi connectivity index (χ0v) is 14.5. The summed E-state index contributed by atoms with van der Waals surface area (Å²) in [5.74, 6) is 2.52. The van der Waals surface area contributed by atoms with Gasteiger partial charge in [0, 0.05) is 45.6 Å². The van der Waals surface area contributed by atoms with Crippen LogP contribution in [0, 0.1) is 6.92 Å². The van der Waals surface area contributed by atoms with Crippen LogP contribution < -0.4 is 9.80 Å². The van der Waals surface area contributed by atoms with Gasteiger partial charge in [0.05, 0.1) is 13.2 Å². The second-order valence-corrected chi connectivity index (χ2v) is 6.50. The third kappa shape index (κ3) is 3.75. The van der Waals surface area contributed by atoms with Crippen molar-refractivity contribution in [2.45, 2.75) is 45.3 Å². The molecule has 3 rings (SSSR count). The molecule has 0 N–H and O–H groups in total. The van der Waals surface area contributed by atoms with E-state index in [4.69, 9.17) is 9.47 Å². The number of unbranched alkanes of at least 4 members (excludes halogenated alkanes) is 1. The van der Waals surface area contributed by atoms with Crippen LogP contribution in [0.4, 0.5) is 11.6 Å². The van der Waals surface area contributed by atoms with Crippen molar-refractivity contribution in [3.63, 3.8) is 0 Å². The minimum Gasteiger partial charge on any atom is -0.360 e. The monoisotopic (exact) mass is 320 g/mol. The Hall–Kier alpha value is -1.40. The standard InChI is InChI=1S/C17H28N4O2/c1-4-5-8-20(3)15-13-16(19-14(2)18-15)21-9-6-17(7-10-21)22-11-12-23-17/h13H,4-12H2,1-3H3. The van der Waals surface area contributed by atoms with Crippen LogP contribution in [-0.4, -0.2) is 55.7 Å². The fourth-order valence-corrected chi connectivity index (χ4v) is 3.27. The van der Waals surface area contributed by atoms with Crippen molar-refractivity contribution in [3.8, 4) is 0 Å². The number of aryl methyl sites for hydroxylation is 1. The van der Waals surface area contributed by atoms with Gasteiger partial charge in [0.2, 0.25) is 0 Å². The summed E-state index contributed by atoms with van der Waals surface area (Å²) in [6.45, 7) is 8.47. The van der Waals surface area contributed by atoms with E-state index in [9.17, 15) is 0 Å². The SMILES string of the molecule is CCCCN(C)c1cc(N2CCC3(CC2)OCCO3)nc(C)n1. The summed E-state index contributed by atoms with van der Waals surface area (Å²) in [6.07, 6.45) is 4.17. The zero-order chi connectivity index (χ0) is 16.3. The normalized spacial score (nSPS) is 20.2. The van der Waals surface area contributed by atoms with E-state index in [1.807, 2.05) is 6.92 Å². The molecular weight excluding hydrogens is 292 g/mol. The number of ether oxygens (including phenoxy) is 2. The highest BCUT2D eigenvalue weighted by molar-refractivity contribution is 5.51. The third-order valence-electron chi connectivity index (χ3n) is 4.71. The Labute approximate surface area is 138 Å². The third-order valence-corrected chi connectivity index (χ3v) is 4.71. The fraction of sp³-hybridized carbons (Fsp3) is 0.765. The molecule has 0 aromatic carbocycles. The van der Waals surface area contributed by atoms with Crippen molar-refractivity contribution in [3.05, 3.63) is 11.9 Å². The molecule has 6 nitrogen and oxygen atoms in total. The van der Waals surface area contributed by atoms with E-state index < -0.39 is 0 Å². The Bertz CT molecular complexity index is 521. The number of hydrogen-bond acceptors (Lipinski definition) is 6. The van der Waals surface area contributed by atoms with Gasteiger partial charge in [0.1, 0.15) is 17.5 Å². The van der Waals surface area contributed by atoms with Gasteiger partial charge in [-0.25, -0.2) is 9.97 Å². The first-order chi connectivity index (χ1) is 11.1. The first kappa shape index (κ1) is 16.5. The van der Waals surface area contributed by atoms with E-state index in [1.54, 1.807) is 0 Å². The van der Waals surface area contributed by atoms with E-state index in [0.717, 1.165) is 63.1 Å². The molecule has 2 aliphatic rings. The number of nitrogens with zero attached hydrogens (tertiary/aromatic N) is 4. The molecule has 0 amide bonds. The molecule has 3 heterocycles. The Morgan fingerprint density at radius 3 is 2.57 bits per heavy atom. The summed E-state index contributed by atoms with van der Waals surface area (Å²) in [5.41, 5.74) is 0. The lowest BCUT2D eigenvalue weighted by molar-refractivity contribution is -0.169. The lowest BCUT2D eigenvalue weighted by atomic mass is 10.0. The van der Waals surface area contributed by atoms with E-state index in [-0.39, 0.29) is 5.79 Å². The van der Waals surface area contributed by atoms with Crippen molar-refractivity contribution in [1.82, 2.24) is 9.97 Å². The summed E-state index contributed by atoms with van der Waals surface area (Å²) in [6, 6.07) is 2.11. The maximum absolute atomic E-state index is 5.81. The van der Waals surface area contributed by atoms with Crippen molar-refractivity contribution >= 4 is 11.6 Å². The second kappa shape index (κ2) is 7.01. The minimum atomic E-state index is -0.334. The topological polar surface area (TPSA) is 50.7 Å². The highest BCUT2D eigenvalue weighted by Crippen LogP contribution is 2.33. The highest BCUT2D eigenvalue weighted by Gasteiger charge is 2.40. The van der Waals surface area contributed by atoms with Gasteiger partial charge in [-0.2, -0.15) is 0 Å². The number of anilines is 2. The zero-order valence-electron chi connectivity index (χ0n) is 14.5. The van der Waals surface area contributed by atoms with Gasteiger partial charge in [0.15, 0.2) is 5.79 Å². The molecule has 0 unspecified atom stereocenters. The number of rotatable bonds is 5. The van der Waals surface area contributed by atoms with Crippen LogP contribution in [0.5, 0.6) is 0 Å². The first-order valence-corrected chi connectivity index (χ1v) is 8.71. The second-order valence-electron chi connectivity index (χ2n) is 6.50. The van der Waals surface area contributed by atoms with Crippen LogP contribution in [0.15, 0.2) is 6.07 Å². The summed E-state index contributed by atoms with van der Waals surface area (Å²) >= 11 is 0. The molecule has 128 valence electrons. The number of aromatic nitrogens is 2. The average Bonchev–Trinajstić information content (AvgIpc) is 3.01. The van der Waals surface area contributed by atoms with Crippen LogP contribution in [0.1, 0.15) is 38.4 Å². The van der Waals surface area contributed by atoms with Gasteiger partial charge in [-0.3, -0.25) is 0 Å². The van der Waals surface area contributed by atoms with E-state index in [1.165, 1.54) is 12.8 Å². The lowest BCUT2D eigenvalue weighted by Crippen LogP contribution is -2.45. The van der Waals surface area contributed by atoms with Gasteiger partial charge >= 0.3 is 0 Å². The predicted octanol–water partition coefficient (Wildman–Crippen LogP) is 2.36. The summed E-state index contributed by atoms with van der Waals surface area (Å²) in [4.78, 5) is 13.8. The average molecular weight is 320 g/mol. The number of hydrogen-bond donors (Lipinski definition) is 0. The lowest BCUT2D eigenvalue weighted by Gasteiger charge is -2.38. The van der Waals surface area contributed by atoms with Gasteiger partial charge in [0.25, 0.3) is 0 Å². The summed E-state index contributed by atoms with van der Waals surface area (Å²) < 4.78 is 11.6. The molecule has 0 atom stereocenters. The molecule has 0 saturated carbocycles. The van der Waals surface area contributed by atoms with Gasteiger partial charge < -0.3 is 19.3 Å². The van der Waals surface area contributed by atoms with E-state index in [0.29, 0.717) is 0 Å². The maximum atomic E-state index is 5.81. The molecule has 1 aromatic rings. The van der Waals surface area contributed by atoms with Gasteiger partial charge in [-0.15, -0.1) is 0 Å². The maximum Gasteiger partial charge on any atom is 0.171 e. The molecule has 1 spiro atoms.